The molecule has 0 aliphatic heterocycles. The van der Waals surface area contributed by atoms with Crippen molar-refractivity contribution >= 4 is 33.6 Å². The minimum Gasteiger partial charge on any atom is -0.458 e. The first-order chi connectivity index (χ1) is 10.6. The average molecular weight is 389 g/mol. The SMILES string of the molecule is CCCC(NC(=O)Nc1ccc(Br)cc1F)C(=O)OC(C)(C)C. The number of carbonyl (C=O) groups excluding carboxylic acids is 2. The van der Waals surface area contributed by atoms with E-state index in [9.17, 15) is 14.0 Å². The number of ether oxygens (including phenoxy) is 1. The Kier molecular flexibility index (Phi) is 7.00. The van der Waals surface area contributed by atoms with Gasteiger partial charge in [-0.2, -0.15) is 0 Å². The number of hydrogen-bond donors (Lipinski definition) is 2. The number of anilines is 1. The molecule has 0 saturated carbocycles. The van der Waals surface area contributed by atoms with Crippen LogP contribution in [0, 0.1) is 5.82 Å². The topological polar surface area (TPSA) is 67.4 Å². The number of urea groups is 1. The van der Waals surface area contributed by atoms with Crippen molar-refractivity contribution in [1.29, 1.82) is 0 Å². The van der Waals surface area contributed by atoms with Gasteiger partial charge in [0, 0.05) is 4.47 Å². The lowest BCUT2D eigenvalue weighted by atomic mass is 10.1. The fourth-order valence-corrected chi connectivity index (χ4v) is 2.15. The van der Waals surface area contributed by atoms with Crippen molar-refractivity contribution in [2.24, 2.45) is 0 Å². The number of hydrogen-bond acceptors (Lipinski definition) is 3. The van der Waals surface area contributed by atoms with E-state index >= 15 is 0 Å². The van der Waals surface area contributed by atoms with Gasteiger partial charge in [0.1, 0.15) is 17.5 Å². The average Bonchev–Trinajstić information content (AvgIpc) is 2.39. The quantitative estimate of drug-likeness (QED) is 0.741. The Bertz CT molecular complexity index is 573. The lowest BCUT2D eigenvalue weighted by molar-refractivity contribution is -0.157. The molecule has 0 saturated heterocycles. The summed E-state index contributed by atoms with van der Waals surface area (Å²) in [7, 11) is 0. The Morgan fingerprint density at radius 2 is 2.00 bits per heavy atom. The van der Waals surface area contributed by atoms with Crippen molar-refractivity contribution in [3.8, 4) is 0 Å². The van der Waals surface area contributed by atoms with Crippen LogP contribution in [0.2, 0.25) is 0 Å². The van der Waals surface area contributed by atoms with Crippen molar-refractivity contribution in [3.05, 3.63) is 28.5 Å². The van der Waals surface area contributed by atoms with E-state index < -0.39 is 29.5 Å². The lowest BCUT2D eigenvalue weighted by Crippen LogP contribution is -2.45. The van der Waals surface area contributed by atoms with Crippen LogP contribution in [0.25, 0.3) is 0 Å². The van der Waals surface area contributed by atoms with Gasteiger partial charge in [-0.05, 0) is 45.4 Å². The standard InChI is InChI=1S/C16H22BrFN2O3/c1-5-6-13(14(21)23-16(2,3)4)20-15(22)19-12-8-7-10(17)9-11(12)18/h7-9,13H,5-6H2,1-4H3,(H2,19,20,22). The van der Waals surface area contributed by atoms with Crippen LogP contribution in [0.1, 0.15) is 40.5 Å². The molecule has 128 valence electrons. The number of nitrogens with one attached hydrogen (secondary N) is 2. The second kappa shape index (κ2) is 8.29. The smallest absolute Gasteiger partial charge is 0.329 e. The molecule has 2 amide bonds. The Hall–Kier alpha value is -1.63. The summed E-state index contributed by atoms with van der Waals surface area (Å²) in [6.07, 6.45) is 1.13. The summed E-state index contributed by atoms with van der Waals surface area (Å²) in [5, 5.41) is 4.92. The summed E-state index contributed by atoms with van der Waals surface area (Å²) >= 11 is 3.14. The highest BCUT2D eigenvalue weighted by molar-refractivity contribution is 9.10. The van der Waals surface area contributed by atoms with E-state index in [0.29, 0.717) is 17.3 Å². The van der Waals surface area contributed by atoms with E-state index in [4.69, 9.17) is 4.74 Å². The van der Waals surface area contributed by atoms with Crippen molar-refractivity contribution in [2.75, 3.05) is 5.32 Å². The molecule has 0 fully saturated rings. The summed E-state index contributed by atoms with van der Waals surface area (Å²) in [5.74, 6) is -1.08. The molecule has 1 aromatic carbocycles. The molecule has 0 bridgehead atoms. The fraction of sp³-hybridized carbons (Fsp3) is 0.500. The van der Waals surface area contributed by atoms with Crippen LogP contribution in [0.4, 0.5) is 14.9 Å². The number of amides is 2. The first kappa shape index (κ1) is 19.4. The van der Waals surface area contributed by atoms with Gasteiger partial charge in [0.2, 0.25) is 0 Å². The Morgan fingerprint density at radius 3 is 2.52 bits per heavy atom. The van der Waals surface area contributed by atoms with Crippen LogP contribution in [0.5, 0.6) is 0 Å². The molecule has 1 unspecified atom stereocenters. The number of rotatable bonds is 5. The third-order valence-electron chi connectivity index (χ3n) is 2.75. The highest BCUT2D eigenvalue weighted by Gasteiger charge is 2.26. The molecule has 1 atom stereocenters. The van der Waals surface area contributed by atoms with Gasteiger partial charge in [-0.25, -0.2) is 14.0 Å². The van der Waals surface area contributed by atoms with E-state index in [1.54, 1.807) is 26.8 Å². The van der Waals surface area contributed by atoms with Gasteiger partial charge in [-0.3, -0.25) is 0 Å². The summed E-state index contributed by atoms with van der Waals surface area (Å²) in [6, 6.07) is 2.85. The summed E-state index contributed by atoms with van der Waals surface area (Å²) in [4.78, 5) is 24.1. The zero-order valence-electron chi connectivity index (χ0n) is 13.7. The zero-order valence-corrected chi connectivity index (χ0v) is 15.3. The molecule has 0 aliphatic rings. The maximum Gasteiger partial charge on any atom is 0.329 e. The summed E-state index contributed by atoms with van der Waals surface area (Å²) in [5.41, 5.74) is -0.607. The maximum atomic E-state index is 13.7. The minimum atomic E-state index is -0.780. The molecule has 0 spiro atoms. The molecule has 5 nitrogen and oxygen atoms in total. The van der Waals surface area contributed by atoms with Crippen molar-refractivity contribution < 1.29 is 18.7 Å². The highest BCUT2D eigenvalue weighted by Crippen LogP contribution is 2.19. The third kappa shape index (κ3) is 6.99. The molecule has 23 heavy (non-hydrogen) atoms. The molecule has 0 aliphatic carbocycles. The van der Waals surface area contributed by atoms with E-state index in [1.165, 1.54) is 12.1 Å². The largest absolute Gasteiger partial charge is 0.458 e. The zero-order chi connectivity index (χ0) is 17.6. The highest BCUT2D eigenvalue weighted by atomic mass is 79.9. The maximum absolute atomic E-state index is 13.7. The molecule has 1 aromatic rings. The number of carbonyl (C=O) groups is 2. The Labute approximate surface area is 144 Å². The fourth-order valence-electron chi connectivity index (χ4n) is 1.82. The van der Waals surface area contributed by atoms with Gasteiger partial charge in [0.25, 0.3) is 0 Å². The predicted molar refractivity (Wildman–Crippen MR) is 90.8 cm³/mol. The van der Waals surface area contributed by atoms with E-state index in [2.05, 4.69) is 26.6 Å². The van der Waals surface area contributed by atoms with Crippen LogP contribution in [0.15, 0.2) is 22.7 Å². The van der Waals surface area contributed by atoms with Gasteiger partial charge >= 0.3 is 12.0 Å². The molecule has 0 aromatic heterocycles. The Balaban J connectivity index is 2.72. The number of benzene rings is 1. The van der Waals surface area contributed by atoms with Crippen molar-refractivity contribution in [2.45, 2.75) is 52.2 Å². The van der Waals surface area contributed by atoms with Gasteiger partial charge in [0.15, 0.2) is 0 Å². The summed E-state index contributed by atoms with van der Waals surface area (Å²) in [6.45, 7) is 7.16. The predicted octanol–water partition coefficient (Wildman–Crippen LogP) is 4.22. The van der Waals surface area contributed by atoms with Crippen molar-refractivity contribution in [1.82, 2.24) is 5.32 Å². The molecular formula is C16H22BrFN2O3. The van der Waals surface area contributed by atoms with Gasteiger partial charge in [-0.15, -0.1) is 0 Å². The van der Waals surface area contributed by atoms with Crippen LogP contribution < -0.4 is 10.6 Å². The summed E-state index contributed by atoms with van der Waals surface area (Å²) < 4.78 is 19.6. The monoisotopic (exact) mass is 388 g/mol. The number of halogens is 2. The van der Waals surface area contributed by atoms with Crippen LogP contribution in [-0.2, 0) is 9.53 Å². The molecule has 0 radical (unpaired) electrons. The number of esters is 1. The second-order valence-electron chi connectivity index (χ2n) is 6.10. The first-order valence-corrected chi connectivity index (χ1v) is 8.17. The molecule has 1 rings (SSSR count). The van der Waals surface area contributed by atoms with Crippen molar-refractivity contribution in [3.63, 3.8) is 0 Å². The van der Waals surface area contributed by atoms with Gasteiger partial charge in [0.05, 0.1) is 5.69 Å². The minimum absolute atomic E-state index is 0.0325. The van der Waals surface area contributed by atoms with E-state index in [1.807, 2.05) is 6.92 Å². The normalized spacial score (nSPS) is 12.4. The van der Waals surface area contributed by atoms with Gasteiger partial charge < -0.3 is 15.4 Å². The first-order valence-electron chi connectivity index (χ1n) is 7.38. The van der Waals surface area contributed by atoms with Gasteiger partial charge in [-0.1, -0.05) is 29.3 Å². The second-order valence-corrected chi connectivity index (χ2v) is 7.01. The van der Waals surface area contributed by atoms with E-state index in [0.717, 1.165) is 0 Å². The lowest BCUT2D eigenvalue weighted by Gasteiger charge is -2.24. The van der Waals surface area contributed by atoms with E-state index in [-0.39, 0.29) is 5.69 Å². The molecular weight excluding hydrogens is 367 g/mol. The van der Waals surface area contributed by atoms with Crippen LogP contribution >= 0.6 is 15.9 Å². The molecule has 7 heteroatoms. The third-order valence-corrected chi connectivity index (χ3v) is 3.25. The molecule has 2 N–H and O–H groups in total. The van der Waals surface area contributed by atoms with Crippen LogP contribution in [0.3, 0.4) is 0 Å². The molecule has 0 heterocycles. The Morgan fingerprint density at radius 1 is 1.35 bits per heavy atom. The van der Waals surface area contributed by atoms with Crippen LogP contribution in [-0.4, -0.2) is 23.6 Å².